The average Bonchev–Trinajstić information content (AvgIpc) is 0.776. The molecule has 6 aromatic rings. The number of hydrogen-bond acceptors (Lipinski definition) is 13. The van der Waals surface area contributed by atoms with Gasteiger partial charge in [-0.1, -0.05) is 197 Å². The molecule has 3 aliphatic heterocycles. The highest BCUT2D eigenvalue weighted by molar-refractivity contribution is 5.73. The van der Waals surface area contributed by atoms with E-state index in [4.69, 9.17) is 42.6 Å². The summed E-state index contributed by atoms with van der Waals surface area (Å²) in [6.45, 7) is 39.6. The van der Waals surface area contributed by atoms with Crippen molar-refractivity contribution in [2.24, 2.45) is 0 Å². The summed E-state index contributed by atoms with van der Waals surface area (Å²) in [6, 6.07) is 27.0. The quantitative estimate of drug-likeness (QED) is 0.123. The number of carbonyl (C=O) groups excluding carboxylic acids is 3. The number of carbonyl (C=O) groups is 3. The zero-order chi connectivity index (χ0) is 68.6. The number of ether oxygens (including phenoxy) is 9. The molecule has 0 fully saturated rings. The van der Waals surface area contributed by atoms with Gasteiger partial charge in [-0.25, -0.2) is 14.4 Å². The Balaban J connectivity index is 1.48. The second-order valence-electron chi connectivity index (χ2n) is 32.3. The fraction of sp³-hybridized carbons (Fsp3) is 0.519. The summed E-state index contributed by atoms with van der Waals surface area (Å²) in [5.41, 5.74) is 15.5. The molecule has 6 aromatic carbocycles. The van der Waals surface area contributed by atoms with E-state index in [9.17, 15) is 14.4 Å². The highest BCUT2D eigenvalue weighted by Crippen LogP contribution is 2.46. The molecule has 13 heteroatoms. The highest BCUT2D eigenvalue weighted by Gasteiger charge is 2.32. The normalized spacial score (nSPS) is 16.2. The Labute approximate surface area is 560 Å². The fourth-order valence-electron chi connectivity index (χ4n) is 13.0. The van der Waals surface area contributed by atoms with Crippen molar-refractivity contribution in [3.63, 3.8) is 0 Å². The largest absolute Gasteiger partial charge is 0.496 e. The molecule has 0 atom stereocenters. The van der Waals surface area contributed by atoms with Crippen molar-refractivity contribution >= 4 is 17.9 Å². The Kier molecular flexibility index (Phi) is 20.8. The summed E-state index contributed by atoms with van der Waals surface area (Å²) in [5, 5.41) is 0. The maximum absolute atomic E-state index is 14.2. The van der Waals surface area contributed by atoms with Crippen LogP contribution in [-0.2, 0) is 99.6 Å². The van der Waals surface area contributed by atoms with Crippen LogP contribution in [0.2, 0.25) is 0 Å². The van der Waals surface area contributed by atoms with E-state index in [1.807, 2.05) is 4.90 Å². The van der Waals surface area contributed by atoms with E-state index in [1.54, 1.807) is 21.3 Å². The van der Waals surface area contributed by atoms with Gasteiger partial charge in [0.1, 0.15) is 54.3 Å². The zero-order valence-electron chi connectivity index (χ0n) is 60.4. The Morgan fingerprint density at radius 1 is 0.277 bits per heavy atom. The van der Waals surface area contributed by atoms with Crippen molar-refractivity contribution < 1.29 is 57.0 Å². The number of hydrogen-bond donors (Lipinski definition) is 0. The molecule has 0 aliphatic carbocycles. The first-order valence-electron chi connectivity index (χ1n) is 33.6. The second-order valence-corrected chi connectivity index (χ2v) is 32.3. The van der Waals surface area contributed by atoms with Gasteiger partial charge < -0.3 is 42.6 Å². The lowest BCUT2D eigenvalue weighted by molar-refractivity contribution is -0.147. The van der Waals surface area contributed by atoms with E-state index in [-0.39, 0.29) is 91.8 Å². The van der Waals surface area contributed by atoms with Gasteiger partial charge in [0, 0.05) is 58.2 Å². The Bertz CT molecular complexity index is 3270. The third-order valence-electron chi connectivity index (χ3n) is 18.6. The Hall–Kier alpha value is -7.51. The molecule has 94 heavy (non-hydrogen) atoms. The number of methoxy groups -OCH3 is 3. The van der Waals surface area contributed by atoms with Gasteiger partial charge in [-0.15, -0.1) is 0 Å². The highest BCUT2D eigenvalue weighted by atomic mass is 16.6. The Morgan fingerprint density at radius 2 is 0.447 bits per heavy atom. The van der Waals surface area contributed by atoms with Gasteiger partial charge in [-0.05, 0) is 133 Å². The van der Waals surface area contributed by atoms with Crippen LogP contribution in [0.1, 0.15) is 225 Å². The standard InChI is InChI=1S/C81H105NO12/c1-76(2,3)61-34-49-28-55-40-64(79(10,11)12)42-57-30-51-36-62(77(4,5)6)38-53(71(51)87-20)32-59-44-66(81(16,17)18)45-60-33-54-39-63(78(7,8)9)37-52(72(54)88-21)31-58-43-65(80(13,14)15)41-56(29-50(35-61)70(49)86-19)74(58)93-47-68(84)90-26-23-82(22-25-89-67(83)46-92-73(55)57)24-27-91-69(85)48-94-75(59)60/h34-45H,22-33,46-48H2,1-21H3. The molecule has 3 aliphatic rings. The molecule has 0 amide bonds. The fourth-order valence-corrected chi connectivity index (χ4v) is 13.0. The lowest BCUT2D eigenvalue weighted by Crippen LogP contribution is -2.36. The second kappa shape index (κ2) is 27.7. The summed E-state index contributed by atoms with van der Waals surface area (Å²) in [4.78, 5) is 44.7. The van der Waals surface area contributed by atoms with E-state index in [1.165, 1.54) is 0 Å². The number of rotatable bonds is 3. The maximum atomic E-state index is 14.2. The zero-order valence-corrected chi connectivity index (χ0v) is 60.4. The van der Waals surface area contributed by atoms with E-state index < -0.39 is 17.9 Å². The average molecular weight is 1280 g/mol. The van der Waals surface area contributed by atoms with E-state index in [2.05, 4.69) is 197 Å². The van der Waals surface area contributed by atoms with Crippen molar-refractivity contribution in [3.05, 3.63) is 173 Å². The smallest absolute Gasteiger partial charge is 0.344 e. The van der Waals surface area contributed by atoms with Gasteiger partial charge >= 0.3 is 17.9 Å². The van der Waals surface area contributed by atoms with Crippen LogP contribution in [0.3, 0.4) is 0 Å². The first-order valence-corrected chi connectivity index (χ1v) is 33.6. The minimum absolute atomic E-state index is 0.0194. The lowest BCUT2D eigenvalue weighted by Gasteiger charge is -2.29. The Morgan fingerprint density at radius 3 is 0.606 bits per heavy atom. The van der Waals surface area contributed by atoms with Gasteiger partial charge in [0.05, 0.1) is 21.3 Å². The summed E-state index contributed by atoms with van der Waals surface area (Å²) in [7, 11) is 5.21. The third-order valence-corrected chi connectivity index (χ3v) is 18.6. The molecule has 0 saturated heterocycles. The van der Waals surface area contributed by atoms with E-state index in [0.717, 1.165) is 100 Å². The first kappa shape index (κ1) is 70.8. The van der Waals surface area contributed by atoms with Crippen molar-refractivity contribution in [2.45, 2.75) is 196 Å². The minimum Gasteiger partial charge on any atom is -0.496 e. The van der Waals surface area contributed by atoms with E-state index in [0.29, 0.717) is 73.0 Å². The van der Waals surface area contributed by atoms with Crippen LogP contribution in [0.5, 0.6) is 34.5 Å². The first-order chi connectivity index (χ1) is 43.9. The molecule has 13 nitrogen and oxygen atoms in total. The third kappa shape index (κ3) is 16.8. The van der Waals surface area contributed by atoms with Crippen LogP contribution in [-0.4, -0.2) is 103 Å². The molecular weight excluding hydrogens is 1180 g/mol. The minimum atomic E-state index is -0.558. The van der Waals surface area contributed by atoms with Crippen LogP contribution in [0.15, 0.2) is 72.8 Å². The maximum Gasteiger partial charge on any atom is 0.344 e. The van der Waals surface area contributed by atoms with Crippen molar-refractivity contribution in [1.82, 2.24) is 4.90 Å². The van der Waals surface area contributed by atoms with Gasteiger partial charge in [-0.3, -0.25) is 4.90 Å². The van der Waals surface area contributed by atoms with Crippen LogP contribution in [0.4, 0.5) is 0 Å². The van der Waals surface area contributed by atoms with Crippen molar-refractivity contribution in [1.29, 1.82) is 0 Å². The molecule has 3 heterocycles. The number of esters is 3. The topological polar surface area (TPSA) is 138 Å². The summed E-state index contributed by atoms with van der Waals surface area (Å²) in [5.74, 6) is 2.18. The summed E-state index contributed by atoms with van der Waals surface area (Å²) >= 11 is 0. The molecule has 0 saturated carbocycles. The lowest BCUT2D eigenvalue weighted by atomic mass is 9.79. The molecule has 9 rings (SSSR count). The summed E-state index contributed by atoms with van der Waals surface area (Å²) < 4.78 is 59.2. The predicted octanol–water partition coefficient (Wildman–Crippen LogP) is 15.5. The van der Waals surface area contributed by atoms with Crippen LogP contribution >= 0.6 is 0 Å². The van der Waals surface area contributed by atoms with Gasteiger partial charge in [0.15, 0.2) is 19.8 Å². The van der Waals surface area contributed by atoms with E-state index >= 15 is 0 Å². The van der Waals surface area contributed by atoms with Crippen molar-refractivity contribution in [3.8, 4) is 34.5 Å². The van der Waals surface area contributed by atoms with Crippen LogP contribution < -0.4 is 28.4 Å². The number of benzene rings is 6. The van der Waals surface area contributed by atoms with Gasteiger partial charge in [0.25, 0.3) is 0 Å². The van der Waals surface area contributed by atoms with Gasteiger partial charge in [-0.2, -0.15) is 0 Å². The van der Waals surface area contributed by atoms with Crippen LogP contribution in [0, 0.1) is 0 Å². The molecule has 506 valence electrons. The molecule has 10 bridgehead atoms. The van der Waals surface area contributed by atoms with Crippen LogP contribution in [0.25, 0.3) is 0 Å². The molecule has 0 spiro atoms. The molecule has 0 N–H and O–H groups in total. The molecular formula is C81H105NO12. The van der Waals surface area contributed by atoms with Crippen molar-refractivity contribution in [2.75, 3.05) is 80.6 Å². The SMILES string of the molecule is COc1c2cc(C(C)(C)C)cc1Cc1cc(C(C)(C)C)cc3c1OCC(=O)OCCN1CCOC(=O)COc4c(cc(C(C)(C)C)cc4Cc4cc(C(C)(C)C)cc(c4OC)Cc4cc(C(C)(C)C)cc(c4OCC(=O)OCC1)Cc1cc(C(C)(C)C)cc(c1OC)C3)C2. The molecule has 0 aromatic heterocycles. The van der Waals surface area contributed by atoms with Gasteiger partial charge in [0.2, 0.25) is 0 Å². The number of fused-ring (bicyclic) bond motifs is 21. The summed E-state index contributed by atoms with van der Waals surface area (Å²) in [6.07, 6.45) is 2.22. The monoisotopic (exact) mass is 1280 g/mol. The molecule has 0 radical (unpaired) electrons. The number of nitrogens with zero attached hydrogens (tertiary/aromatic N) is 1. The molecule has 0 unspecified atom stereocenters. The predicted molar refractivity (Wildman–Crippen MR) is 373 cm³/mol.